The van der Waals surface area contributed by atoms with Crippen molar-refractivity contribution in [2.75, 3.05) is 0 Å². The molecule has 21 heavy (non-hydrogen) atoms. The normalized spacial score (nSPS) is 40.8. The van der Waals surface area contributed by atoms with Crippen LogP contribution in [0.5, 0.6) is 5.75 Å². The van der Waals surface area contributed by atoms with Gasteiger partial charge in [-0.05, 0) is 80.9 Å². The van der Waals surface area contributed by atoms with Crippen LogP contribution in [-0.4, -0.2) is 6.10 Å². The summed E-state index contributed by atoms with van der Waals surface area (Å²) in [5.74, 6) is 4.46. The van der Waals surface area contributed by atoms with Crippen LogP contribution in [0.3, 0.4) is 0 Å². The molecular formula is C19H27NO. The Hall–Kier alpha value is -1.02. The molecule has 0 radical (unpaired) electrons. The molecule has 1 aromatic carbocycles. The maximum absolute atomic E-state index is 6.93. The van der Waals surface area contributed by atoms with Gasteiger partial charge in [0.25, 0.3) is 0 Å². The second kappa shape index (κ2) is 4.74. The zero-order valence-electron chi connectivity index (χ0n) is 13.2. The summed E-state index contributed by atoms with van der Waals surface area (Å²) in [5.41, 5.74) is 8.19. The molecule has 1 aromatic rings. The number of benzene rings is 1. The van der Waals surface area contributed by atoms with Crippen LogP contribution in [0.1, 0.15) is 51.5 Å². The first-order valence-corrected chi connectivity index (χ1v) is 8.64. The van der Waals surface area contributed by atoms with Crippen molar-refractivity contribution in [3.8, 4) is 5.75 Å². The van der Waals surface area contributed by atoms with E-state index in [1.807, 2.05) is 0 Å². The molecular weight excluding hydrogens is 258 g/mol. The minimum atomic E-state index is -0.0769. The first-order chi connectivity index (χ1) is 10.1. The highest BCUT2D eigenvalue weighted by Gasteiger charge is 2.59. The molecule has 5 atom stereocenters. The van der Waals surface area contributed by atoms with Crippen LogP contribution in [0.15, 0.2) is 24.3 Å². The van der Waals surface area contributed by atoms with Crippen LogP contribution < -0.4 is 10.5 Å². The van der Waals surface area contributed by atoms with E-state index in [1.54, 1.807) is 0 Å². The second-order valence-electron chi connectivity index (χ2n) is 7.80. The highest BCUT2D eigenvalue weighted by Crippen LogP contribution is 2.64. The van der Waals surface area contributed by atoms with Gasteiger partial charge in [0.15, 0.2) is 0 Å². The van der Waals surface area contributed by atoms with Crippen molar-refractivity contribution in [1.82, 2.24) is 0 Å². The maximum atomic E-state index is 6.93. The van der Waals surface area contributed by atoms with Gasteiger partial charge < -0.3 is 10.5 Å². The van der Waals surface area contributed by atoms with Gasteiger partial charge in [0.2, 0.25) is 0 Å². The SMILES string of the molecule is CC(C)Oc1ccc(C2(N)CC3CC2C2CCCC32)cc1. The van der Waals surface area contributed by atoms with Gasteiger partial charge in [0.1, 0.15) is 5.75 Å². The molecule has 2 N–H and O–H groups in total. The first kappa shape index (κ1) is 13.6. The third-order valence-corrected chi connectivity index (χ3v) is 6.33. The number of fused-ring (bicyclic) bond motifs is 5. The Morgan fingerprint density at radius 3 is 2.57 bits per heavy atom. The Bertz CT molecular complexity index is 523. The summed E-state index contributed by atoms with van der Waals surface area (Å²) in [6.07, 6.45) is 7.10. The van der Waals surface area contributed by atoms with Crippen molar-refractivity contribution in [3.05, 3.63) is 29.8 Å². The lowest BCUT2D eigenvalue weighted by molar-refractivity contribution is 0.156. The average molecular weight is 285 g/mol. The minimum absolute atomic E-state index is 0.0769. The van der Waals surface area contributed by atoms with Crippen LogP contribution in [0.25, 0.3) is 0 Å². The van der Waals surface area contributed by atoms with Crippen molar-refractivity contribution >= 4 is 0 Å². The molecule has 3 aliphatic carbocycles. The molecule has 2 heteroatoms. The second-order valence-corrected chi connectivity index (χ2v) is 7.80. The van der Waals surface area contributed by atoms with Crippen LogP contribution >= 0.6 is 0 Å². The van der Waals surface area contributed by atoms with E-state index < -0.39 is 0 Å². The van der Waals surface area contributed by atoms with Crippen molar-refractivity contribution in [3.63, 3.8) is 0 Å². The van der Waals surface area contributed by atoms with Crippen LogP contribution in [-0.2, 0) is 5.54 Å². The summed E-state index contributed by atoms with van der Waals surface area (Å²) in [6, 6.07) is 8.62. The molecule has 0 spiro atoms. The zero-order chi connectivity index (χ0) is 14.6. The van der Waals surface area contributed by atoms with Crippen molar-refractivity contribution < 1.29 is 4.74 Å². The number of nitrogens with two attached hydrogens (primary N) is 1. The van der Waals surface area contributed by atoms with Gasteiger partial charge in [-0.25, -0.2) is 0 Å². The van der Waals surface area contributed by atoms with Gasteiger partial charge >= 0.3 is 0 Å². The Morgan fingerprint density at radius 2 is 1.86 bits per heavy atom. The fourth-order valence-corrected chi connectivity index (χ4v) is 5.64. The van der Waals surface area contributed by atoms with E-state index in [1.165, 1.54) is 37.7 Å². The topological polar surface area (TPSA) is 35.2 Å². The largest absolute Gasteiger partial charge is 0.491 e. The van der Waals surface area contributed by atoms with E-state index in [2.05, 4.69) is 38.1 Å². The van der Waals surface area contributed by atoms with E-state index in [9.17, 15) is 0 Å². The summed E-state index contributed by atoms with van der Waals surface area (Å²) in [5, 5.41) is 0. The van der Waals surface area contributed by atoms with E-state index in [4.69, 9.17) is 10.5 Å². The molecule has 114 valence electrons. The Balaban J connectivity index is 1.58. The molecule has 3 aliphatic rings. The van der Waals surface area contributed by atoms with Gasteiger partial charge in [-0.1, -0.05) is 18.6 Å². The summed E-state index contributed by atoms with van der Waals surface area (Å²) >= 11 is 0. The van der Waals surface area contributed by atoms with Crippen LogP contribution in [0.4, 0.5) is 0 Å². The number of rotatable bonds is 3. The monoisotopic (exact) mass is 285 g/mol. The molecule has 0 saturated heterocycles. The van der Waals surface area contributed by atoms with E-state index >= 15 is 0 Å². The lowest BCUT2D eigenvalue weighted by Gasteiger charge is -2.40. The molecule has 0 heterocycles. The highest BCUT2D eigenvalue weighted by atomic mass is 16.5. The van der Waals surface area contributed by atoms with Gasteiger partial charge in [-0.15, -0.1) is 0 Å². The Morgan fingerprint density at radius 1 is 1.14 bits per heavy atom. The summed E-state index contributed by atoms with van der Waals surface area (Å²) in [4.78, 5) is 0. The average Bonchev–Trinajstić information content (AvgIpc) is 3.09. The Kier molecular flexibility index (Phi) is 3.08. The molecule has 4 rings (SSSR count). The molecule has 0 aliphatic heterocycles. The Labute approximate surface area is 128 Å². The van der Waals surface area contributed by atoms with Crippen LogP contribution in [0.2, 0.25) is 0 Å². The molecule has 2 bridgehead atoms. The number of hydrogen-bond donors (Lipinski definition) is 1. The predicted molar refractivity (Wildman–Crippen MR) is 85.1 cm³/mol. The summed E-state index contributed by atoms with van der Waals surface area (Å²) in [6.45, 7) is 4.13. The number of ether oxygens (including phenoxy) is 1. The third-order valence-electron chi connectivity index (χ3n) is 6.33. The van der Waals surface area contributed by atoms with E-state index in [0.717, 1.165) is 23.5 Å². The predicted octanol–water partition coefficient (Wildman–Crippen LogP) is 4.08. The fraction of sp³-hybridized carbons (Fsp3) is 0.684. The standard InChI is InChI=1S/C19H27NO/c1-12(2)21-15-8-6-14(7-9-15)19(20)11-13-10-18(19)17-5-3-4-16(13)17/h6-9,12-13,16-18H,3-5,10-11,20H2,1-2H3. The van der Waals surface area contributed by atoms with Crippen LogP contribution in [0, 0.1) is 23.7 Å². The molecule has 5 unspecified atom stereocenters. The van der Waals surface area contributed by atoms with Gasteiger partial charge in [0.05, 0.1) is 6.10 Å². The van der Waals surface area contributed by atoms with Gasteiger partial charge in [-0.3, -0.25) is 0 Å². The molecule has 0 amide bonds. The molecule has 3 fully saturated rings. The molecule has 3 saturated carbocycles. The summed E-state index contributed by atoms with van der Waals surface area (Å²) < 4.78 is 5.76. The van der Waals surface area contributed by atoms with Crippen molar-refractivity contribution in [2.24, 2.45) is 29.4 Å². The third kappa shape index (κ3) is 2.03. The quantitative estimate of drug-likeness (QED) is 0.908. The van der Waals surface area contributed by atoms with Crippen molar-refractivity contribution in [2.45, 2.75) is 57.6 Å². The lowest BCUT2D eigenvalue weighted by Crippen LogP contribution is -2.46. The smallest absolute Gasteiger partial charge is 0.119 e. The minimum Gasteiger partial charge on any atom is -0.491 e. The summed E-state index contributed by atoms with van der Waals surface area (Å²) in [7, 11) is 0. The maximum Gasteiger partial charge on any atom is 0.119 e. The fourth-order valence-electron chi connectivity index (χ4n) is 5.64. The van der Waals surface area contributed by atoms with E-state index in [0.29, 0.717) is 5.92 Å². The highest BCUT2D eigenvalue weighted by molar-refractivity contribution is 5.35. The van der Waals surface area contributed by atoms with Gasteiger partial charge in [-0.2, -0.15) is 0 Å². The molecule has 0 aromatic heterocycles. The lowest BCUT2D eigenvalue weighted by atomic mass is 9.68. The van der Waals surface area contributed by atoms with E-state index in [-0.39, 0.29) is 11.6 Å². The number of hydrogen-bond acceptors (Lipinski definition) is 2. The molecule has 2 nitrogen and oxygen atoms in total. The van der Waals surface area contributed by atoms with Crippen molar-refractivity contribution in [1.29, 1.82) is 0 Å². The first-order valence-electron chi connectivity index (χ1n) is 8.64. The zero-order valence-corrected chi connectivity index (χ0v) is 13.2. The van der Waals surface area contributed by atoms with Gasteiger partial charge in [0, 0.05) is 5.54 Å².